The molecule has 0 unspecified atom stereocenters. The molecule has 1 aromatic heterocycles. The number of hydrogen-bond acceptors (Lipinski definition) is 7. The summed E-state index contributed by atoms with van der Waals surface area (Å²) in [6, 6.07) is 11.5. The highest BCUT2D eigenvalue weighted by Gasteiger charge is 2.33. The number of carbonyl (C=O) groups is 2. The number of alkyl carbamates (subject to hydrolysis) is 1. The maximum absolute atomic E-state index is 13.3. The third-order valence-electron chi connectivity index (χ3n) is 7.39. The van der Waals surface area contributed by atoms with E-state index in [-0.39, 0.29) is 35.6 Å². The van der Waals surface area contributed by atoms with Gasteiger partial charge in [0.1, 0.15) is 5.60 Å². The molecule has 0 spiro atoms. The summed E-state index contributed by atoms with van der Waals surface area (Å²) in [6.07, 6.45) is 6.54. The van der Waals surface area contributed by atoms with Gasteiger partial charge in [-0.1, -0.05) is 12.1 Å². The summed E-state index contributed by atoms with van der Waals surface area (Å²) in [4.78, 5) is 30.2. The molecule has 2 saturated carbocycles. The van der Waals surface area contributed by atoms with E-state index in [4.69, 9.17) is 9.47 Å². The monoisotopic (exact) mass is 531 g/mol. The van der Waals surface area contributed by atoms with Crippen molar-refractivity contribution in [3.63, 3.8) is 0 Å². The summed E-state index contributed by atoms with van der Waals surface area (Å²) in [7, 11) is 1.53. The fourth-order valence-corrected chi connectivity index (χ4v) is 5.20. The number of hydrogen-bond donors (Lipinski definition) is 3. The Balaban J connectivity index is 1.41. The van der Waals surface area contributed by atoms with E-state index in [0.717, 1.165) is 66.2 Å². The number of carbonyl (C=O) groups excluding carboxylic acids is 2. The van der Waals surface area contributed by atoms with Crippen molar-refractivity contribution in [1.29, 1.82) is 0 Å². The van der Waals surface area contributed by atoms with E-state index < -0.39 is 5.60 Å². The van der Waals surface area contributed by atoms with Crippen molar-refractivity contribution in [2.75, 3.05) is 12.4 Å². The van der Waals surface area contributed by atoms with Gasteiger partial charge >= 0.3 is 6.09 Å². The van der Waals surface area contributed by atoms with Crippen molar-refractivity contribution < 1.29 is 24.2 Å². The van der Waals surface area contributed by atoms with E-state index >= 15 is 0 Å². The van der Waals surface area contributed by atoms with Crippen LogP contribution in [0.15, 0.2) is 42.6 Å². The van der Waals surface area contributed by atoms with Crippen LogP contribution >= 0.6 is 0 Å². The van der Waals surface area contributed by atoms with E-state index in [1.807, 2.05) is 39.0 Å². The molecule has 3 N–H and O–H groups in total. The number of aromatic hydroxyl groups is 1. The third kappa shape index (κ3) is 6.27. The highest BCUT2D eigenvalue weighted by molar-refractivity contribution is 6.10. The highest BCUT2D eigenvalue weighted by atomic mass is 16.6. The number of ketones is 1. The van der Waals surface area contributed by atoms with Crippen LogP contribution in [0.5, 0.6) is 11.5 Å². The number of anilines is 1. The van der Waals surface area contributed by atoms with Crippen LogP contribution in [-0.4, -0.2) is 46.8 Å². The lowest BCUT2D eigenvalue weighted by Gasteiger charge is -2.31. The Morgan fingerprint density at radius 2 is 1.62 bits per heavy atom. The molecular formula is C31H37N3O5. The number of nitrogens with zero attached hydrogens (tertiary/aromatic N) is 1. The molecule has 2 aromatic carbocycles. The van der Waals surface area contributed by atoms with Crippen LogP contribution in [0.4, 0.5) is 10.5 Å². The van der Waals surface area contributed by atoms with Crippen LogP contribution in [0.2, 0.25) is 0 Å². The van der Waals surface area contributed by atoms with Crippen LogP contribution in [0, 0.1) is 5.92 Å². The molecule has 1 amide bonds. The molecule has 2 aliphatic rings. The van der Waals surface area contributed by atoms with Gasteiger partial charge in [0.15, 0.2) is 17.3 Å². The number of aromatic nitrogens is 1. The Kier molecular flexibility index (Phi) is 7.38. The van der Waals surface area contributed by atoms with Crippen LogP contribution in [0.1, 0.15) is 69.7 Å². The molecular weight excluding hydrogens is 494 g/mol. The smallest absolute Gasteiger partial charge is 0.407 e. The Hall–Kier alpha value is -3.81. The molecule has 39 heavy (non-hydrogen) atoms. The number of methoxy groups -OCH3 is 1. The van der Waals surface area contributed by atoms with Crippen LogP contribution in [0.25, 0.3) is 22.0 Å². The van der Waals surface area contributed by atoms with E-state index in [2.05, 4.69) is 21.7 Å². The molecule has 5 rings (SSSR count). The molecule has 0 aliphatic heterocycles. The van der Waals surface area contributed by atoms with Gasteiger partial charge in [-0.05, 0) is 94.7 Å². The minimum absolute atomic E-state index is 0.0655. The lowest BCUT2D eigenvalue weighted by atomic mass is 9.90. The largest absolute Gasteiger partial charge is 0.504 e. The lowest BCUT2D eigenvalue weighted by Crippen LogP contribution is -2.42. The summed E-state index contributed by atoms with van der Waals surface area (Å²) >= 11 is 0. The Morgan fingerprint density at radius 1 is 0.949 bits per heavy atom. The number of fused-ring (bicyclic) bond motifs is 1. The first-order chi connectivity index (χ1) is 18.6. The topological polar surface area (TPSA) is 110 Å². The fourth-order valence-electron chi connectivity index (χ4n) is 5.20. The average Bonchev–Trinajstić information content (AvgIpc) is 3.74. The number of phenolic OH excluding ortho intramolecular Hbond substituents is 1. The van der Waals surface area contributed by atoms with Crippen molar-refractivity contribution in [2.45, 2.75) is 77.0 Å². The van der Waals surface area contributed by atoms with Gasteiger partial charge in [-0.3, -0.25) is 9.78 Å². The normalized spacial score (nSPS) is 19.4. The first kappa shape index (κ1) is 26.8. The van der Waals surface area contributed by atoms with Crippen LogP contribution < -0.4 is 15.4 Å². The Bertz CT molecular complexity index is 1380. The summed E-state index contributed by atoms with van der Waals surface area (Å²) in [5, 5.41) is 17.6. The van der Waals surface area contributed by atoms with E-state index in [0.29, 0.717) is 11.3 Å². The molecule has 0 saturated heterocycles. The minimum atomic E-state index is -0.528. The summed E-state index contributed by atoms with van der Waals surface area (Å²) < 4.78 is 10.7. The van der Waals surface area contributed by atoms with Crippen LogP contribution in [-0.2, 0) is 4.74 Å². The summed E-state index contributed by atoms with van der Waals surface area (Å²) in [6.45, 7) is 5.57. The molecule has 3 aromatic rings. The number of Topliss-reactive ketones (excluding diaryl/α,β-unsaturated/α-hetero) is 1. The molecule has 0 radical (unpaired) electrons. The average molecular weight is 532 g/mol. The van der Waals surface area contributed by atoms with Gasteiger partial charge < -0.3 is 25.2 Å². The predicted molar refractivity (Wildman–Crippen MR) is 151 cm³/mol. The van der Waals surface area contributed by atoms with E-state index in [1.54, 1.807) is 18.3 Å². The van der Waals surface area contributed by atoms with Crippen molar-refractivity contribution >= 4 is 28.5 Å². The zero-order valence-corrected chi connectivity index (χ0v) is 23.0. The van der Waals surface area contributed by atoms with E-state index in [1.165, 1.54) is 7.11 Å². The first-order valence-electron chi connectivity index (χ1n) is 13.7. The zero-order valence-electron chi connectivity index (χ0n) is 23.0. The molecule has 0 bridgehead atoms. The molecule has 1 heterocycles. The number of rotatable bonds is 7. The number of pyridine rings is 1. The Morgan fingerprint density at radius 3 is 2.28 bits per heavy atom. The Labute approximate surface area is 229 Å². The van der Waals surface area contributed by atoms with Gasteiger partial charge in [0, 0.05) is 29.6 Å². The van der Waals surface area contributed by atoms with E-state index in [9.17, 15) is 14.7 Å². The number of nitrogens with one attached hydrogen (secondary N) is 2. The maximum atomic E-state index is 13.3. The second-order valence-corrected chi connectivity index (χ2v) is 11.6. The van der Waals surface area contributed by atoms with Gasteiger partial charge in [0.05, 0.1) is 23.9 Å². The second kappa shape index (κ2) is 10.8. The van der Waals surface area contributed by atoms with Gasteiger partial charge in [-0.2, -0.15) is 0 Å². The van der Waals surface area contributed by atoms with Crippen molar-refractivity contribution in [3.8, 4) is 22.6 Å². The van der Waals surface area contributed by atoms with Gasteiger partial charge in [0.2, 0.25) is 0 Å². The number of benzene rings is 2. The maximum Gasteiger partial charge on any atom is 0.407 e. The third-order valence-corrected chi connectivity index (χ3v) is 7.39. The molecule has 2 aliphatic carbocycles. The molecule has 8 nitrogen and oxygen atoms in total. The molecule has 8 heteroatoms. The summed E-state index contributed by atoms with van der Waals surface area (Å²) in [5.74, 6) is 0.700. The molecule has 206 valence electrons. The molecule has 2 fully saturated rings. The second-order valence-electron chi connectivity index (χ2n) is 11.6. The van der Waals surface area contributed by atoms with Gasteiger partial charge in [0.25, 0.3) is 0 Å². The summed E-state index contributed by atoms with van der Waals surface area (Å²) in [5.41, 5.74) is 3.57. The molecule has 0 atom stereocenters. The highest BCUT2D eigenvalue weighted by Crippen LogP contribution is 2.39. The van der Waals surface area contributed by atoms with Crippen molar-refractivity contribution in [2.24, 2.45) is 5.92 Å². The first-order valence-corrected chi connectivity index (χ1v) is 13.7. The predicted octanol–water partition coefficient (Wildman–Crippen LogP) is 6.46. The fraction of sp³-hybridized carbons (Fsp3) is 0.452. The van der Waals surface area contributed by atoms with Gasteiger partial charge in [-0.25, -0.2) is 4.79 Å². The van der Waals surface area contributed by atoms with Crippen molar-refractivity contribution in [3.05, 3.63) is 48.2 Å². The van der Waals surface area contributed by atoms with Crippen LogP contribution in [0.3, 0.4) is 0 Å². The van der Waals surface area contributed by atoms with Gasteiger partial charge in [-0.15, -0.1) is 0 Å². The SMILES string of the molecule is COc1cc(-c2ccc3ncc(C(=O)C4CC4)c(N[C@H]4CC[C@@H](NC(=O)OC(C)(C)C)CC4)c3c2)ccc1O. The lowest BCUT2D eigenvalue weighted by molar-refractivity contribution is 0.0492. The quantitative estimate of drug-likeness (QED) is 0.300. The van der Waals surface area contributed by atoms with Crippen molar-refractivity contribution in [1.82, 2.24) is 10.3 Å². The zero-order chi connectivity index (χ0) is 27.7. The number of phenols is 1. The standard InChI is InChI=1S/C31H37N3O5/c1-31(2,3)39-30(37)34-22-11-9-21(10-12-22)33-28-23-15-19(20-8-14-26(35)27(16-20)38-4)7-13-25(23)32-17-24(28)29(36)18-5-6-18/h7-8,13-18,21-22,35H,5-6,9-12H2,1-4H3,(H,32,33)(H,34,37)/t21-,22+. The minimum Gasteiger partial charge on any atom is -0.504 e. The number of ether oxygens (including phenoxy) is 2. The number of amides is 1.